The Labute approximate surface area is 142 Å². The van der Waals surface area contributed by atoms with Gasteiger partial charge in [0, 0.05) is 31.1 Å². The topological polar surface area (TPSA) is 89.5 Å². The van der Waals surface area contributed by atoms with Gasteiger partial charge in [-0.25, -0.2) is 9.59 Å². The number of carbonyl (C=O) groups is 2. The highest BCUT2D eigenvalue weighted by Gasteiger charge is 2.02. The van der Waals surface area contributed by atoms with Gasteiger partial charge in [-0.05, 0) is 37.5 Å². The Morgan fingerprint density at radius 3 is 2.54 bits per heavy atom. The molecule has 0 aromatic carbocycles. The van der Waals surface area contributed by atoms with Crippen molar-refractivity contribution in [3.63, 3.8) is 0 Å². The Hall–Kier alpha value is -2.41. The van der Waals surface area contributed by atoms with Crippen molar-refractivity contribution in [1.29, 1.82) is 0 Å². The molecule has 0 aliphatic carbocycles. The van der Waals surface area contributed by atoms with Crippen molar-refractivity contribution < 1.29 is 19.1 Å². The van der Waals surface area contributed by atoms with Crippen molar-refractivity contribution in [3.05, 3.63) is 42.2 Å². The second kappa shape index (κ2) is 12.1. The van der Waals surface area contributed by atoms with E-state index in [1.807, 2.05) is 12.1 Å². The summed E-state index contributed by atoms with van der Waals surface area (Å²) in [5, 5.41) is 5.47. The van der Waals surface area contributed by atoms with Crippen LogP contribution in [0.4, 0.5) is 4.79 Å². The summed E-state index contributed by atoms with van der Waals surface area (Å²) in [6.07, 6.45) is 5.28. The molecule has 2 amide bonds. The summed E-state index contributed by atoms with van der Waals surface area (Å²) in [6, 6.07) is 3.71. The van der Waals surface area contributed by atoms with Crippen LogP contribution in [0.1, 0.15) is 18.9 Å². The van der Waals surface area contributed by atoms with Gasteiger partial charge in [-0.3, -0.25) is 4.98 Å². The maximum Gasteiger partial charge on any atom is 0.333 e. The molecule has 0 saturated heterocycles. The van der Waals surface area contributed by atoms with E-state index in [2.05, 4.69) is 22.2 Å². The Morgan fingerprint density at radius 1 is 1.12 bits per heavy atom. The molecule has 0 aliphatic rings. The number of nitrogens with zero attached hydrogens (tertiary/aromatic N) is 1. The summed E-state index contributed by atoms with van der Waals surface area (Å²) >= 11 is 0. The minimum Gasteiger partial charge on any atom is -0.460 e. The second-order valence-electron chi connectivity index (χ2n) is 5.17. The Balaban J connectivity index is 1.91. The molecule has 1 heterocycles. The first-order valence-electron chi connectivity index (χ1n) is 7.90. The zero-order valence-electron chi connectivity index (χ0n) is 14.0. The third kappa shape index (κ3) is 9.58. The van der Waals surface area contributed by atoms with Crippen LogP contribution in [-0.4, -0.2) is 49.9 Å². The Kier molecular flexibility index (Phi) is 9.87. The third-order valence-electron chi connectivity index (χ3n) is 3.02. The molecule has 0 spiro atoms. The SMILES string of the molecule is C=C(C)C(=O)OCCOCCNC(=O)NCCCc1ccncc1. The van der Waals surface area contributed by atoms with Gasteiger partial charge in [0.25, 0.3) is 0 Å². The van der Waals surface area contributed by atoms with Crippen molar-refractivity contribution in [3.8, 4) is 0 Å². The number of nitrogens with one attached hydrogen (secondary N) is 2. The lowest BCUT2D eigenvalue weighted by atomic mass is 10.1. The van der Waals surface area contributed by atoms with E-state index in [-0.39, 0.29) is 19.2 Å². The van der Waals surface area contributed by atoms with E-state index in [1.54, 1.807) is 19.3 Å². The van der Waals surface area contributed by atoms with Gasteiger partial charge < -0.3 is 20.1 Å². The average Bonchev–Trinajstić information content (AvgIpc) is 2.58. The van der Waals surface area contributed by atoms with E-state index in [4.69, 9.17) is 9.47 Å². The normalized spacial score (nSPS) is 10.0. The van der Waals surface area contributed by atoms with Crippen LogP contribution in [0.2, 0.25) is 0 Å². The van der Waals surface area contributed by atoms with Crippen LogP contribution in [-0.2, 0) is 20.7 Å². The third-order valence-corrected chi connectivity index (χ3v) is 3.02. The highest BCUT2D eigenvalue weighted by molar-refractivity contribution is 5.86. The quantitative estimate of drug-likeness (QED) is 0.363. The lowest BCUT2D eigenvalue weighted by Crippen LogP contribution is -2.38. The molecule has 0 bridgehead atoms. The summed E-state index contributed by atoms with van der Waals surface area (Å²) in [5.41, 5.74) is 1.56. The number of aromatic nitrogens is 1. The van der Waals surface area contributed by atoms with E-state index in [9.17, 15) is 9.59 Å². The highest BCUT2D eigenvalue weighted by Crippen LogP contribution is 1.99. The van der Waals surface area contributed by atoms with Crippen LogP contribution in [0.5, 0.6) is 0 Å². The maximum atomic E-state index is 11.5. The Morgan fingerprint density at radius 2 is 1.83 bits per heavy atom. The van der Waals surface area contributed by atoms with E-state index in [0.29, 0.717) is 25.3 Å². The lowest BCUT2D eigenvalue weighted by molar-refractivity contribution is -0.140. The number of rotatable bonds is 11. The number of esters is 1. The van der Waals surface area contributed by atoms with Crippen molar-refractivity contribution >= 4 is 12.0 Å². The number of ether oxygens (including phenoxy) is 2. The second-order valence-corrected chi connectivity index (χ2v) is 5.17. The van der Waals surface area contributed by atoms with Crippen molar-refractivity contribution in [2.75, 3.05) is 32.9 Å². The molecule has 0 aliphatic heterocycles. The number of hydrogen-bond donors (Lipinski definition) is 2. The minimum atomic E-state index is -0.428. The van der Waals surface area contributed by atoms with Gasteiger partial charge >= 0.3 is 12.0 Å². The van der Waals surface area contributed by atoms with Gasteiger partial charge in [0.15, 0.2) is 0 Å². The van der Waals surface area contributed by atoms with Gasteiger partial charge in [0.2, 0.25) is 0 Å². The summed E-state index contributed by atoms with van der Waals surface area (Å²) in [7, 11) is 0. The molecule has 7 heteroatoms. The average molecular weight is 335 g/mol. The lowest BCUT2D eigenvalue weighted by Gasteiger charge is -2.08. The molecule has 132 valence electrons. The maximum absolute atomic E-state index is 11.5. The summed E-state index contributed by atoms with van der Waals surface area (Å²) in [6.45, 7) is 6.88. The van der Waals surface area contributed by atoms with Gasteiger partial charge in [0.05, 0.1) is 13.2 Å². The van der Waals surface area contributed by atoms with Crippen molar-refractivity contribution in [1.82, 2.24) is 15.6 Å². The predicted octanol–water partition coefficient (Wildman–Crippen LogP) is 1.45. The van der Waals surface area contributed by atoms with E-state index < -0.39 is 5.97 Å². The molecule has 0 saturated carbocycles. The van der Waals surface area contributed by atoms with E-state index in [0.717, 1.165) is 12.8 Å². The van der Waals surface area contributed by atoms with Gasteiger partial charge in [-0.1, -0.05) is 6.58 Å². The Bertz CT molecular complexity index is 520. The van der Waals surface area contributed by atoms with Crippen LogP contribution in [0.3, 0.4) is 0 Å². The molecule has 0 fully saturated rings. The predicted molar refractivity (Wildman–Crippen MR) is 90.6 cm³/mol. The first-order chi connectivity index (χ1) is 11.6. The standard InChI is InChI=1S/C17H25N3O4/c1-14(2)16(21)24-13-12-23-11-10-20-17(22)19-7-3-4-15-5-8-18-9-6-15/h5-6,8-9H,1,3-4,7,10-13H2,2H3,(H2,19,20,22). The molecule has 7 nitrogen and oxygen atoms in total. The summed E-state index contributed by atoms with van der Waals surface area (Å²) in [4.78, 5) is 26.6. The fourth-order valence-corrected chi connectivity index (χ4v) is 1.76. The number of hydrogen-bond acceptors (Lipinski definition) is 5. The number of pyridine rings is 1. The molecule has 0 atom stereocenters. The number of aryl methyl sites for hydroxylation is 1. The molecular formula is C17H25N3O4. The van der Waals surface area contributed by atoms with Crippen molar-refractivity contribution in [2.24, 2.45) is 0 Å². The van der Waals surface area contributed by atoms with Crippen molar-refractivity contribution in [2.45, 2.75) is 19.8 Å². The number of carbonyl (C=O) groups excluding carboxylic acids is 2. The van der Waals surface area contributed by atoms with E-state index in [1.165, 1.54) is 5.56 Å². The van der Waals surface area contributed by atoms with Crippen LogP contribution < -0.4 is 10.6 Å². The van der Waals surface area contributed by atoms with Gasteiger partial charge in [0.1, 0.15) is 6.61 Å². The number of urea groups is 1. The minimum absolute atomic E-state index is 0.174. The van der Waals surface area contributed by atoms with Gasteiger partial charge in [-0.15, -0.1) is 0 Å². The molecule has 0 unspecified atom stereocenters. The highest BCUT2D eigenvalue weighted by atomic mass is 16.6. The van der Waals surface area contributed by atoms with Crippen LogP contribution in [0, 0.1) is 0 Å². The van der Waals surface area contributed by atoms with Crippen LogP contribution >= 0.6 is 0 Å². The monoisotopic (exact) mass is 335 g/mol. The van der Waals surface area contributed by atoms with E-state index >= 15 is 0 Å². The molecule has 2 N–H and O–H groups in total. The zero-order chi connectivity index (χ0) is 17.6. The molecule has 1 aromatic heterocycles. The molecule has 24 heavy (non-hydrogen) atoms. The zero-order valence-corrected chi connectivity index (χ0v) is 14.0. The molecule has 1 rings (SSSR count). The largest absolute Gasteiger partial charge is 0.460 e. The molecule has 1 aromatic rings. The summed E-state index contributed by atoms with van der Waals surface area (Å²) < 4.78 is 10.1. The smallest absolute Gasteiger partial charge is 0.333 e. The first-order valence-corrected chi connectivity index (χ1v) is 7.90. The van der Waals surface area contributed by atoms with Crippen LogP contribution in [0.15, 0.2) is 36.7 Å². The summed E-state index contributed by atoms with van der Waals surface area (Å²) in [5.74, 6) is -0.428. The fraction of sp³-hybridized carbons (Fsp3) is 0.471. The molecule has 0 radical (unpaired) electrons. The van der Waals surface area contributed by atoms with Crippen LogP contribution in [0.25, 0.3) is 0 Å². The first kappa shape index (κ1) is 19.6. The van der Waals surface area contributed by atoms with Gasteiger partial charge in [-0.2, -0.15) is 0 Å². The molecular weight excluding hydrogens is 310 g/mol. The number of amides is 2. The fourth-order valence-electron chi connectivity index (χ4n) is 1.76.